The molecular formula is C16H14BrN3O2S. The predicted molar refractivity (Wildman–Crippen MR) is 93.6 cm³/mol. The van der Waals surface area contributed by atoms with Crippen molar-refractivity contribution in [3.63, 3.8) is 0 Å². The number of carbonyl (C=O) groups excluding carboxylic acids is 1. The van der Waals surface area contributed by atoms with Gasteiger partial charge in [0, 0.05) is 0 Å². The number of carbonyl (C=O) groups is 1. The second kappa shape index (κ2) is 6.64. The molecule has 5 nitrogen and oxygen atoms in total. The molecule has 118 valence electrons. The lowest BCUT2D eigenvalue weighted by molar-refractivity contribution is -0.115. The molecule has 1 amide bonds. The van der Waals surface area contributed by atoms with E-state index in [0.717, 1.165) is 19.8 Å². The minimum Gasteiger partial charge on any atom is -0.402 e. The number of nitrogens with zero attached hydrogens (tertiary/aromatic N) is 2. The van der Waals surface area contributed by atoms with Crippen LogP contribution < -0.4 is 5.32 Å². The topological polar surface area (TPSA) is 68.0 Å². The van der Waals surface area contributed by atoms with E-state index in [1.54, 1.807) is 0 Å². The highest BCUT2D eigenvalue weighted by Crippen LogP contribution is 2.30. The largest absolute Gasteiger partial charge is 0.402 e. The Morgan fingerprint density at radius 2 is 2.09 bits per heavy atom. The van der Waals surface area contributed by atoms with Gasteiger partial charge in [0.2, 0.25) is 5.91 Å². The third-order valence-electron chi connectivity index (χ3n) is 3.30. The lowest BCUT2D eigenvalue weighted by atomic mass is 10.0. The molecule has 0 aliphatic carbocycles. The average Bonchev–Trinajstić information content (AvgIpc) is 3.11. The molecule has 0 radical (unpaired) electrons. The van der Waals surface area contributed by atoms with Crippen LogP contribution in [0.3, 0.4) is 0 Å². The third-order valence-corrected chi connectivity index (χ3v) is 4.92. The van der Waals surface area contributed by atoms with Gasteiger partial charge in [0.1, 0.15) is 0 Å². The molecule has 1 N–H and O–H groups in total. The molecule has 2 heterocycles. The number of aryl methyl sites for hydroxylation is 2. The van der Waals surface area contributed by atoms with Gasteiger partial charge in [-0.2, -0.15) is 0 Å². The Balaban J connectivity index is 1.67. The summed E-state index contributed by atoms with van der Waals surface area (Å²) in [6.07, 6.45) is 0.272. The van der Waals surface area contributed by atoms with Crippen molar-refractivity contribution in [2.24, 2.45) is 0 Å². The van der Waals surface area contributed by atoms with Gasteiger partial charge in [-0.1, -0.05) is 28.9 Å². The van der Waals surface area contributed by atoms with Crippen molar-refractivity contribution in [2.75, 3.05) is 5.32 Å². The van der Waals surface area contributed by atoms with Crippen LogP contribution in [-0.4, -0.2) is 16.1 Å². The van der Waals surface area contributed by atoms with Crippen LogP contribution in [0.25, 0.3) is 10.8 Å². The minimum atomic E-state index is -0.181. The smallest absolute Gasteiger partial charge is 0.322 e. The summed E-state index contributed by atoms with van der Waals surface area (Å²) in [5.41, 5.74) is 3.25. The molecule has 0 atom stereocenters. The zero-order valence-corrected chi connectivity index (χ0v) is 15.0. The highest BCUT2D eigenvalue weighted by atomic mass is 79.9. The molecule has 0 saturated carbocycles. The van der Waals surface area contributed by atoms with Crippen molar-refractivity contribution in [3.05, 3.63) is 50.8 Å². The molecule has 0 saturated heterocycles. The van der Waals surface area contributed by atoms with Crippen molar-refractivity contribution in [1.29, 1.82) is 0 Å². The number of nitrogens with one attached hydrogen (secondary N) is 1. The van der Waals surface area contributed by atoms with E-state index in [1.165, 1.54) is 16.9 Å². The fraction of sp³-hybridized carbons (Fsp3) is 0.188. The van der Waals surface area contributed by atoms with Gasteiger partial charge in [-0.15, -0.1) is 16.4 Å². The number of thiophene rings is 1. The Bertz CT molecular complexity index is 857. The van der Waals surface area contributed by atoms with Gasteiger partial charge in [-0.25, -0.2) is 0 Å². The lowest BCUT2D eigenvalue weighted by Crippen LogP contribution is -2.15. The number of anilines is 1. The number of hydrogen-bond acceptors (Lipinski definition) is 5. The van der Waals surface area contributed by atoms with E-state index in [2.05, 4.69) is 37.5 Å². The van der Waals surface area contributed by atoms with Crippen LogP contribution in [0.4, 0.5) is 6.01 Å². The van der Waals surface area contributed by atoms with Gasteiger partial charge in [-0.3, -0.25) is 10.1 Å². The monoisotopic (exact) mass is 391 g/mol. The summed E-state index contributed by atoms with van der Waals surface area (Å²) in [5.74, 6) is 0.210. The van der Waals surface area contributed by atoms with E-state index in [0.29, 0.717) is 5.89 Å². The summed E-state index contributed by atoms with van der Waals surface area (Å²) < 4.78 is 6.45. The van der Waals surface area contributed by atoms with Crippen LogP contribution >= 0.6 is 27.3 Å². The van der Waals surface area contributed by atoms with Gasteiger partial charge in [0.05, 0.1) is 15.1 Å². The summed E-state index contributed by atoms with van der Waals surface area (Å²) in [4.78, 5) is 13.0. The molecule has 0 aliphatic heterocycles. The standard InChI is InChI=1S/C16H14BrN3O2S/c1-9-3-4-11(10(2)7-9)8-14(21)18-16-20-19-15(22-16)12-5-6-13(17)23-12/h3-7H,8H2,1-2H3,(H,18,20,21). The van der Waals surface area contributed by atoms with Gasteiger partial charge in [0.25, 0.3) is 5.89 Å². The van der Waals surface area contributed by atoms with Crippen LogP contribution in [0.5, 0.6) is 0 Å². The molecule has 1 aromatic carbocycles. The minimum absolute atomic E-state index is 0.110. The summed E-state index contributed by atoms with van der Waals surface area (Å²) >= 11 is 4.87. The van der Waals surface area contributed by atoms with Gasteiger partial charge >= 0.3 is 6.01 Å². The molecule has 3 rings (SSSR count). The third kappa shape index (κ3) is 3.86. The molecule has 0 bridgehead atoms. The molecule has 0 unspecified atom stereocenters. The number of halogens is 1. The first-order valence-corrected chi connectivity index (χ1v) is 8.57. The van der Waals surface area contributed by atoms with Crippen molar-refractivity contribution in [3.8, 4) is 10.8 Å². The van der Waals surface area contributed by atoms with Crippen molar-refractivity contribution < 1.29 is 9.21 Å². The van der Waals surface area contributed by atoms with Gasteiger partial charge in [0.15, 0.2) is 0 Å². The summed E-state index contributed by atoms with van der Waals surface area (Å²) in [6.45, 7) is 4.02. The highest BCUT2D eigenvalue weighted by Gasteiger charge is 2.13. The first-order chi connectivity index (χ1) is 11.0. The maximum atomic E-state index is 12.1. The Kier molecular flexibility index (Phi) is 4.58. The predicted octanol–water partition coefficient (Wildman–Crippen LogP) is 4.36. The van der Waals surface area contributed by atoms with Crippen molar-refractivity contribution >= 4 is 39.2 Å². The van der Waals surface area contributed by atoms with E-state index in [4.69, 9.17) is 4.42 Å². The number of benzene rings is 1. The quantitative estimate of drug-likeness (QED) is 0.717. The van der Waals surface area contributed by atoms with Crippen LogP contribution in [0.2, 0.25) is 0 Å². The SMILES string of the molecule is Cc1ccc(CC(=O)Nc2nnc(-c3ccc(Br)s3)o2)c(C)c1. The second-order valence-corrected chi connectivity index (χ2v) is 7.63. The first kappa shape index (κ1) is 15.9. The van der Waals surface area contributed by atoms with Gasteiger partial charge in [-0.05, 0) is 53.0 Å². The molecule has 0 aliphatic rings. The second-order valence-electron chi connectivity index (χ2n) is 5.17. The van der Waals surface area contributed by atoms with E-state index in [-0.39, 0.29) is 18.3 Å². The maximum absolute atomic E-state index is 12.1. The van der Waals surface area contributed by atoms with E-state index >= 15 is 0 Å². The zero-order chi connectivity index (χ0) is 16.4. The van der Waals surface area contributed by atoms with Crippen molar-refractivity contribution in [2.45, 2.75) is 20.3 Å². The van der Waals surface area contributed by atoms with Crippen LogP contribution in [-0.2, 0) is 11.2 Å². The molecule has 23 heavy (non-hydrogen) atoms. The summed E-state index contributed by atoms with van der Waals surface area (Å²) in [7, 11) is 0. The van der Waals surface area contributed by atoms with Crippen LogP contribution in [0, 0.1) is 13.8 Å². The lowest BCUT2D eigenvalue weighted by Gasteiger charge is -2.06. The van der Waals surface area contributed by atoms with E-state index < -0.39 is 0 Å². The Morgan fingerprint density at radius 1 is 1.26 bits per heavy atom. The fourth-order valence-corrected chi connectivity index (χ4v) is 3.49. The van der Waals surface area contributed by atoms with Gasteiger partial charge < -0.3 is 4.42 Å². The molecular weight excluding hydrogens is 378 g/mol. The molecule has 7 heteroatoms. The van der Waals surface area contributed by atoms with Crippen LogP contribution in [0.15, 0.2) is 38.5 Å². The summed E-state index contributed by atoms with van der Waals surface area (Å²) in [6, 6.07) is 9.91. The zero-order valence-electron chi connectivity index (χ0n) is 12.6. The molecule has 0 fully saturated rings. The Labute approximate surface area is 145 Å². The molecule has 3 aromatic rings. The normalized spacial score (nSPS) is 10.7. The Morgan fingerprint density at radius 3 is 2.78 bits per heavy atom. The number of hydrogen-bond donors (Lipinski definition) is 1. The molecule has 0 spiro atoms. The number of aromatic nitrogens is 2. The maximum Gasteiger partial charge on any atom is 0.322 e. The average molecular weight is 392 g/mol. The highest BCUT2D eigenvalue weighted by molar-refractivity contribution is 9.11. The number of amides is 1. The van der Waals surface area contributed by atoms with E-state index in [1.807, 2.05) is 38.1 Å². The molecule has 2 aromatic heterocycles. The number of rotatable bonds is 4. The van der Waals surface area contributed by atoms with Crippen LogP contribution in [0.1, 0.15) is 16.7 Å². The first-order valence-electron chi connectivity index (χ1n) is 6.96. The van der Waals surface area contributed by atoms with Crippen molar-refractivity contribution in [1.82, 2.24) is 10.2 Å². The summed E-state index contributed by atoms with van der Waals surface area (Å²) in [5, 5.41) is 10.5. The Hall–Kier alpha value is -1.99. The fourth-order valence-electron chi connectivity index (χ4n) is 2.18. The van der Waals surface area contributed by atoms with E-state index in [9.17, 15) is 4.79 Å².